The van der Waals surface area contributed by atoms with Crippen molar-refractivity contribution in [2.45, 2.75) is 19.9 Å². The van der Waals surface area contributed by atoms with E-state index in [0.29, 0.717) is 11.5 Å². The molecule has 0 amide bonds. The van der Waals surface area contributed by atoms with Gasteiger partial charge in [0, 0.05) is 12.1 Å². The maximum absolute atomic E-state index is 13.2. The van der Waals surface area contributed by atoms with Gasteiger partial charge in [0.05, 0.1) is 4.47 Å². The van der Waals surface area contributed by atoms with Crippen LogP contribution in [-0.4, -0.2) is 0 Å². The number of hydrogen-bond donors (Lipinski definition) is 1. The van der Waals surface area contributed by atoms with Gasteiger partial charge in [-0.05, 0) is 59.1 Å². The molecule has 2 nitrogen and oxygen atoms in total. The summed E-state index contributed by atoms with van der Waals surface area (Å²) in [7, 11) is 0. The number of hydrogen-bond acceptors (Lipinski definition) is 2. The van der Waals surface area contributed by atoms with Crippen molar-refractivity contribution in [3.8, 4) is 11.5 Å². The van der Waals surface area contributed by atoms with Crippen LogP contribution in [0.3, 0.4) is 0 Å². The molecule has 4 heteroatoms. The van der Waals surface area contributed by atoms with E-state index in [9.17, 15) is 4.39 Å². The van der Waals surface area contributed by atoms with Crippen LogP contribution in [0.1, 0.15) is 24.1 Å². The van der Waals surface area contributed by atoms with Gasteiger partial charge < -0.3 is 10.5 Å². The lowest BCUT2D eigenvalue weighted by atomic mass is 10.1. The van der Waals surface area contributed by atoms with Gasteiger partial charge in [0.25, 0.3) is 0 Å². The summed E-state index contributed by atoms with van der Waals surface area (Å²) in [5.74, 6) is 0.830. The van der Waals surface area contributed by atoms with Crippen molar-refractivity contribution in [1.29, 1.82) is 0 Å². The first-order valence-electron chi connectivity index (χ1n) is 5.96. The molecule has 2 N–H and O–H groups in total. The van der Waals surface area contributed by atoms with E-state index in [1.54, 1.807) is 6.07 Å². The number of halogens is 2. The Hall–Kier alpha value is -1.39. The Morgan fingerprint density at radius 2 is 1.89 bits per heavy atom. The van der Waals surface area contributed by atoms with Crippen LogP contribution in [0, 0.1) is 12.7 Å². The van der Waals surface area contributed by atoms with Gasteiger partial charge in [-0.1, -0.05) is 12.1 Å². The van der Waals surface area contributed by atoms with E-state index in [1.165, 1.54) is 12.1 Å². The summed E-state index contributed by atoms with van der Waals surface area (Å²) in [4.78, 5) is 0. The molecule has 0 radical (unpaired) electrons. The summed E-state index contributed by atoms with van der Waals surface area (Å²) in [6.45, 7) is 3.79. The van der Waals surface area contributed by atoms with E-state index < -0.39 is 0 Å². The average molecular weight is 324 g/mol. The second kappa shape index (κ2) is 5.72. The third-order valence-corrected chi connectivity index (χ3v) is 3.47. The van der Waals surface area contributed by atoms with Crippen LogP contribution in [0.5, 0.6) is 11.5 Å². The molecule has 0 heterocycles. The quantitative estimate of drug-likeness (QED) is 0.887. The Balaban J connectivity index is 2.31. The minimum Gasteiger partial charge on any atom is -0.456 e. The van der Waals surface area contributed by atoms with Crippen molar-refractivity contribution < 1.29 is 9.13 Å². The standard InChI is InChI=1S/C15H15BrFNO/c1-9-3-5-12(17)8-15(9)19-14-6-4-11(10(2)18)7-13(14)16/h3-8,10H,18H2,1-2H3. The average Bonchev–Trinajstić information content (AvgIpc) is 2.36. The highest BCUT2D eigenvalue weighted by molar-refractivity contribution is 9.10. The molecule has 1 atom stereocenters. The molecule has 0 aliphatic rings. The molecule has 0 fully saturated rings. The zero-order valence-corrected chi connectivity index (χ0v) is 12.4. The Kier molecular flexibility index (Phi) is 4.22. The molecule has 0 bridgehead atoms. The first-order valence-corrected chi connectivity index (χ1v) is 6.75. The van der Waals surface area contributed by atoms with Crippen LogP contribution in [0.4, 0.5) is 4.39 Å². The maximum Gasteiger partial charge on any atom is 0.141 e. The van der Waals surface area contributed by atoms with Crippen molar-refractivity contribution in [1.82, 2.24) is 0 Å². The lowest BCUT2D eigenvalue weighted by Crippen LogP contribution is -2.04. The number of ether oxygens (including phenoxy) is 1. The second-order valence-corrected chi connectivity index (χ2v) is 5.34. The van der Waals surface area contributed by atoms with E-state index in [2.05, 4.69) is 15.9 Å². The second-order valence-electron chi connectivity index (χ2n) is 4.49. The van der Waals surface area contributed by atoms with Gasteiger partial charge in [-0.3, -0.25) is 0 Å². The molecular weight excluding hydrogens is 309 g/mol. The van der Waals surface area contributed by atoms with E-state index in [-0.39, 0.29) is 11.9 Å². The molecule has 1 unspecified atom stereocenters. The highest BCUT2D eigenvalue weighted by Gasteiger charge is 2.08. The van der Waals surface area contributed by atoms with Crippen LogP contribution in [-0.2, 0) is 0 Å². The van der Waals surface area contributed by atoms with E-state index in [1.807, 2.05) is 32.0 Å². The van der Waals surface area contributed by atoms with Crippen LogP contribution in [0.25, 0.3) is 0 Å². The van der Waals surface area contributed by atoms with Gasteiger partial charge in [-0.2, -0.15) is 0 Å². The molecule has 0 saturated carbocycles. The molecule has 0 saturated heterocycles. The molecule has 2 aromatic carbocycles. The molecule has 0 spiro atoms. The van der Waals surface area contributed by atoms with Gasteiger partial charge in [-0.25, -0.2) is 4.39 Å². The fourth-order valence-electron chi connectivity index (χ4n) is 1.69. The fourth-order valence-corrected chi connectivity index (χ4v) is 2.16. The zero-order chi connectivity index (χ0) is 14.0. The lowest BCUT2D eigenvalue weighted by Gasteiger charge is -2.12. The van der Waals surface area contributed by atoms with Crippen LogP contribution in [0.15, 0.2) is 40.9 Å². The van der Waals surface area contributed by atoms with Gasteiger partial charge in [0.15, 0.2) is 0 Å². The summed E-state index contributed by atoms with van der Waals surface area (Å²) in [5, 5.41) is 0. The molecule has 100 valence electrons. The Morgan fingerprint density at radius 1 is 1.16 bits per heavy atom. The molecule has 0 aliphatic heterocycles. The third kappa shape index (κ3) is 3.33. The van der Waals surface area contributed by atoms with Gasteiger partial charge in [-0.15, -0.1) is 0 Å². The van der Waals surface area contributed by atoms with Crippen LogP contribution >= 0.6 is 15.9 Å². The zero-order valence-electron chi connectivity index (χ0n) is 10.8. The molecule has 2 rings (SSSR count). The maximum atomic E-state index is 13.2. The van der Waals surface area contributed by atoms with Crippen LogP contribution in [0.2, 0.25) is 0 Å². The van der Waals surface area contributed by atoms with E-state index in [4.69, 9.17) is 10.5 Å². The highest BCUT2D eigenvalue weighted by atomic mass is 79.9. The summed E-state index contributed by atoms with van der Waals surface area (Å²) >= 11 is 3.44. The Morgan fingerprint density at radius 3 is 2.53 bits per heavy atom. The van der Waals surface area contributed by atoms with Gasteiger partial charge in [0.1, 0.15) is 17.3 Å². The Labute approximate surface area is 120 Å². The minimum atomic E-state index is -0.316. The predicted molar refractivity (Wildman–Crippen MR) is 78.0 cm³/mol. The summed E-state index contributed by atoms with van der Waals surface area (Å²) < 4.78 is 19.7. The van der Waals surface area contributed by atoms with Crippen molar-refractivity contribution in [2.75, 3.05) is 0 Å². The topological polar surface area (TPSA) is 35.2 Å². The molecule has 0 aromatic heterocycles. The molecule has 0 aliphatic carbocycles. The van der Waals surface area contributed by atoms with Crippen molar-refractivity contribution in [3.05, 3.63) is 57.8 Å². The molecular formula is C15H15BrFNO. The van der Waals surface area contributed by atoms with Gasteiger partial charge in [0.2, 0.25) is 0 Å². The third-order valence-electron chi connectivity index (χ3n) is 2.85. The molecule has 19 heavy (non-hydrogen) atoms. The lowest BCUT2D eigenvalue weighted by molar-refractivity contribution is 0.469. The van der Waals surface area contributed by atoms with E-state index >= 15 is 0 Å². The number of benzene rings is 2. The first kappa shape index (κ1) is 14.0. The van der Waals surface area contributed by atoms with Crippen molar-refractivity contribution in [3.63, 3.8) is 0 Å². The number of nitrogens with two attached hydrogens (primary N) is 1. The smallest absolute Gasteiger partial charge is 0.141 e. The monoisotopic (exact) mass is 323 g/mol. The normalized spacial score (nSPS) is 12.3. The highest BCUT2D eigenvalue weighted by Crippen LogP contribution is 2.33. The summed E-state index contributed by atoms with van der Waals surface area (Å²) in [6, 6.07) is 10.1. The van der Waals surface area contributed by atoms with Crippen molar-refractivity contribution in [2.24, 2.45) is 5.73 Å². The number of rotatable bonds is 3. The fraction of sp³-hybridized carbons (Fsp3) is 0.200. The van der Waals surface area contributed by atoms with Crippen molar-refractivity contribution >= 4 is 15.9 Å². The van der Waals surface area contributed by atoms with Crippen LogP contribution < -0.4 is 10.5 Å². The summed E-state index contributed by atoms with van der Waals surface area (Å²) in [6.07, 6.45) is 0. The van der Waals surface area contributed by atoms with E-state index in [0.717, 1.165) is 15.6 Å². The Bertz CT molecular complexity index is 599. The summed E-state index contributed by atoms with van der Waals surface area (Å²) in [5.41, 5.74) is 7.71. The largest absolute Gasteiger partial charge is 0.456 e. The number of aryl methyl sites for hydroxylation is 1. The minimum absolute atomic E-state index is 0.0405. The SMILES string of the molecule is Cc1ccc(F)cc1Oc1ccc(C(C)N)cc1Br. The first-order chi connectivity index (χ1) is 8.97. The predicted octanol–water partition coefficient (Wildman–Crippen LogP) is 4.71. The molecule has 2 aromatic rings. The van der Waals surface area contributed by atoms with Gasteiger partial charge >= 0.3 is 0 Å².